The summed E-state index contributed by atoms with van der Waals surface area (Å²) in [7, 11) is 0. The Hall–Kier alpha value is -1.06. The zero-order chi connectivity index (χ0) is 13.1. The van der Waals surface area contributed by atoms with Gasteiger partial charge in [0.1, 0.15) is 0 Å². The normalized spacial score (nSPS) is 16.4. The number of nitrogens with one attached hydrogen (secondary N) is 1. The van der Waals surface area contributed by atoms with E-state index in [-0.39, 0.29) is 42.2 Å². The molecule has 0 amide bonds. The molecule has 0 radical (unpaired) electrons. The molecule has 112 valence electrons. The summed E-state index contributed by atoms with van der Waals surface area (Å²) < 4.78 is 13.5. The molecule has 0 aromatic heterocycles. The van der Waals surface area contributed by atoms with Crippen molar-refractivity contribution in [1.82, 2.24) is 10.2 Å². The van der Waals surface area contributed by atoms with Crippen molar-refractivity contribution in [2.45, 2.75) is 13.0 Å². The van der Waals surface area contributed by atoms with E-state index in [0.29, 0.717) is 5.56 Å². The average molecular weight is 322 g/mol. The molecule has 1 aromatic carbocycles. The number of nitriles is 1. The first-order valence-corrected chi connectivity index (χ1v) is 6.00. The van der Waals surface area contributed by atoms with E-state index in [1.165, 1.54) is 0 Å². The molecule has 0 aliphatic carbocycles. The molecule has 4 nitrogen and oxygen atoms in total. The van der Waals surface area contributed by atoms with E-state index in [1.807, 2.05) is 13.0 Å². The monoisotopic (exact) mass is 321 g/mol. The molecule has 1 saturated heterocycles. The van der Waals surface area contributed by atoms with E-state index in [0.717, 1.165) is 32.2 Å². The minimum Gasteiger partial charge on any atom is -0.505 e. The van der Waals surface area contributed by atoms with Crippen molar-refractivity contribution in [3.63, 3.8) is 0 Å². The number of rotatable bonds is 2. The third-order valence-corrected chi connectivity index (χ3v) is 3.37. The molecule has 1 fully saturated rings. The molecule has 0 spiro atoms. The lowest BCUT2D eigenvalue weighted by molar-refractivity contribution is 0.182. The molecular formula is C13H18Cl2FN3O. The van der Waals surface area contributed by atoms with Crippen molar-refractivity contribution in [3.05, 3.63) is 29.1 Å². The first-order chi connectivity index (χ1) is 8.63. The maximum absolute atomic E-state index is 13.5. The average Bonchev–Trinajstić information content (AvgIpc) is 2.42. The fraction of sp³-hybridized carbons (Fsp3) is 0.462. The van der Waals surface area contributed by atoms with Crippen LogP contribution in [0, 0.1) is 17.1 Å². The second-order valence-corrected chi connectivity index (χ2v) is 4.47. The fourth-order valence-electron chi connectivity index (χ4n) is 2.27. The minimum atomic E-state index is -0.731. The maximum Gasteiger partial charge on any atom is 0.166 e. The summed E-state index contributed by atoms with van der Waals surface area (Å²) in [6, 6.07) is 4.43. The van der Waals surface area contributed by atoms with Crippen LogP contribution < -0.4 is 5.32 Å². The molecule has 0 saturated carbocycles. The van der Waals surface area contributed by atoms with Crippen molar-refractivity contribution >= 4 is 24.8 Å². The third-order valence-electron chi connectivity index (χ3n) is 3.37. The number of halogens is 3. The number of phenols is 1. The van der Waals surface area contributed by atoms with Crippen LogP contribution in [0.2, 0.25) is 0 Å². The lowest BCUT2D eigenvalue weighted by Gasteiger charge is -2.33. The maximum atomic E-state index is 13.5. The van der Waals surface area contributed by atoms with Crippen LogP contribution in [0.1, 0.15) is 24.1 Å². The number of phenolic OH excluding ortho intramolecular Hbond substituents is 1. The van der Waals surface area contributed by atoms with Gasteiger partial charge in [-0.25, -0.2) is 4.39 Å². The molecule has 0 bridgehead atoms. The molecule has 0 unspecified atom stereocenters. The van der Waals surface area contributed by atoms with E-state index < -0.39 is 5.82 Å². The van der Waals surface area contributed by atoms with Crippen molar-refractivity contribution in [2.24, 2.45) is 0 Å². The quantitative estimate of drug-likeness (QED) is 0.876. The van der Waals surface area contributed by atoms with E-state index in [9.17, 15) is 9.50 Å². The highest BCUT2D eigenvalue weighted by molar-refractivity contribution is 5.85. The highest BCUT2D eigenvalue weighted by atomic mass is 35.5. The number of nitrogens with zero attached hydrogens (tertiary/aromatic N) is 2. The van der Waals surface area contributed by atoms with Gasteiger partial charge in [-0.3, -0.25) is 4.90 Å². The van der Waals surface area contributed by atoms with Gasteiger partial charge in [-0.1, -0.05) is 0 Å². The largest absolute Gasteiger partial charge is 0.505 e. The molecule has 1 heterocycles. The highest BCUT2D eigenvalue weighted by Crippen LogP contribution is 2.31. The summed E-state index contributed by atoms with van der Waals surface area (Å²) in [6.07, 6.45) is 0. The number of benzene rings is 1. The molecule has 2 rings (SSSR count). The lowest BCUT2D eigenvalue weighted by atomic mass is 10.0. The molecule has 20 heavy (non-hydrogen) atoms. The molecular weight excluding hydrogens is 304 g/mol. The fourth-order valence-corrected chi connectivity index (χ4v) is 2.27. The van der Waals surface area contributed by atoms with Crippen LogP contribution in [-0.2, 0) is 0 Å². The van der Waals surface area contributed by atoms with Crippen LogP contribution >= 0.6 is 24.8 Å². The van der Waals surface area contributed by atoms with Gasteiger partial charge in [0.25, 0.3) is 0 Å². The van der Waals surface area contributed by atoms with Gasteiger partial charge in [0, 0.05) is 37.8 Å². The predicted octanol–water partition coefficient (Wildman–Crippen LogP) is 2.21. The van der Waals surface area contributed by atoms with Crippen molar-refractivity contribution < 1.29 is 9.50 Å². The zero-order valence-corrected chi connectivity index (χ0v) is 12.7. The first kappa shape index (κ1) is 18.9. The number of hydrogen-bond acceptors (Lipinski definition) is 4. The topological polar surface area (TPSA) is 59.3 Å². The number of piperazine rings is 1. The van der Waals surface area contributed by atoms with Crippen molar-refractivity contribution in [1.29, 1.82) is 5.26 Å². The Kier molecular flexibility index (Phi) is 7.84. The Morgan fingerprint density at radius 3 is 2.50 bits per heavy atom. The van der Waals surface area contributed by atoms with E-state index in [2.05, 4.69) is 10.2 Å². The van der Waals surface area contributed by atoms with E-state index >= 15 is 0 Å². The standard InChI is InChI=1S/C13H16FN3O.2ClH/c1-9(17-4-2-16-3-5-17)11-6-10(8-15)7-12(14)13(11)18;;/h6-7,9,16,18H,2-5H2,1H3;2*1H/t9-;;/m0../s1. The second-order valence-electron chi connectivity index (χ2n) is 4.47. The summed E-state index contributed by atoms with van der Waals surface area (Å²) in [5.74, 6) is -1.08. The van der Waals surface area contributed by atoms with Crippen LogP contribution in [0.3, 0.4) is 0 Å². The Morgan fingerprint density at radius 2 is 1.95 bits per heavy atom. The van der Waals surface area contributed by atoms with Gasteiger partial charge in [0.15, 0.2) is 11.6 Å². The van der Waals surface area contributed by atoms with Gasteiger partial charge in [0.05, 0.1) is 11.6 Å². The minimum absolute atomic E-state index is 0. The van der Waals surface area contributed by atoms with E-state index in [1.54, 1.807) is 6.07 Å². The summed E-state index contributed by atoms with van der Waals surface area (Å²) in [6.45, 7) is 5.37. The number of aromatic hydroxyl groups is 1. The van der Waals surface area contributed by atoms with Crippen molar-refractivity contribution in [2.75, 3.05) is 26.2 Å². The molecule has 1 aliphatic rings. The lowest BCUT2D eigenvalue weighted by Crippen LogP contribution is -2.44. The van der Waals surface area contributed by atoms with E-state index in [4.69, 9.17) is 5.26 Å². The number of hydrogen-bond donors (Lipinski definition) is 2. The molecule has 1 aromatic rings. The van der Waals surface area contributed by atoms with Gasteiger partial charge in [0.2, 0.25) is 0 Å². The van der Waals surface area contributed by atoms with Crippen molar-refractivity contribution in [3.8, 4) is 11.8 Å². The van der Waals surface area contributed by atoms with Gasteiger partial charge in [-0.15, -0.1) is 24.8 Å². The highest BCUT2D eigenvalue weighted by Gasteiger charge is 2.22. The Balaban J connectivity index is 0.00000180. The Bertz CT molecular complexity index is 487. The molecule has 1 aliphatic heterocycles. The van der Waals surface area contributed by atoms with Crippen LogP contribution in [0.4, 0.5) is 4.39 Å². The van der Waals surface area contributed by atoms with Gasteiger partial charge >= 0.3 is 0 Å². The molecule has 2 N–H and O–H groups in total. The second kappa shape index (κ2) is 8.28. The predicted molar refractivity (Wildman–Crippen MR) is 80.1 cm³/mol. The first-order valence-electron chi connectivity index (χ1n) is 6.00. The summed E-state index contributed by atoms with van der Waals surface area (Å²) in [5.41, 5.74) is 0.718. The summed E-state index contributed by atoms with van der Waals surface area (Å²) in [4.78, 5) is 2.16. The SMILES string of the molecule is C[C@@H](c1cc(C#N)cc(F)c1O)N1CCNCC1.Cl.Cl. The Morgan fingerprint density at radius 1 is 1.35 bits per heavy atom. The molecule has 1 atom stereocenters. The van der Waals surface area contributed by atoms with Crippen LogP contribution in [-0.4, -0.2) is 36.2 Å². The molecule has 7 heteroatoms. The smallest absolute Gasteiger partial charge is 0.166 e. The Labute approximate surface area is 130 Å². The summed E-state index contributed by atoms with van der Waals surface area (Å²) in [5, 5.41) is 21.9. The van der Waals surface area contributed by atoms with Crippen LogP contribution in [0.5, 0.6) is 5.75 Å². The third kappa shape index (κ3) is 3.97. The zero-order valence-electron chi connectivity index (χ0n) is 11.1. The van der Waals surface area contributed by atoms with Gasteiger partial charge < -0.3 is 10.4 Å². The van der Waals surface area contributed by atoms with Crippen LogP contribution in [0.25, 0.3) is 0 Å². The summed E-state index contributed by atoms with van der Waals surface area (Å²) >= 11 is 0. The van der Waals surface area contributed by atoms with Crippen LogP contribution in [0.15, 0.2) is 12.1 Å². The van der Waals surface area contributed by atoms with Gasteiger partial charge in [-0.2, -0.15) is 5.26 Å². The van der Waals surface area contributed by atoms with Gasteiger partial charge in [-0.05, 0) is 19.1 Å².